The molecule has 0 unspecified atom stereocenters. The van der Waals surface area contributed by atoms with Gasteiger partial charge in [0, 0.05) is 17.4 Å². The highest BCUT2D eigenvalue weighted by Crippen LogP contribution is 2.62. The molecule has 0 aromatic heterocycles. The fourth-order valence-corrected chi connectivity index (χ4v) is 5.76. The number of likely N-dealkylation sites (N-methyl/N-ethyl adjacent to an activating group) is 1. The molecular weight excluding hydrogens is 286 g/mol. The van der Waals surface area contributed by atoms with Gasteiger partial charge in [0.05, 0.1) is 14.2 Å². The molecule has 0 radical (unpaired) electrons. The number of piperidine rings is 1. The van der Waals surface area contributed by atoms with Gasteiger partial charge < -0.3 is 9.47 Å². The van der Waals surface area contributed by atoms with Gasteiger partial charge in [-0.05, 0) is 67.3 Å². The molecule has 1 fully saturated rings. The second kappa shape index (κ2) is 4.41. The minimum Gasteiger partial charge on any atom is -0.501 e. The van der Waals surface area contributed by atoms with Gasteiger partial charge in [0.15, 0.2) is 0 Å². The molecule has 3 nitrogen and oxygen atoms in total. The Balaban J connectivity index is 1.84. The lowest BCUT2D eigenvalue weighted by molar-refractivity contribution is 0.119. The summed E-state index contributed by atoms with van der Waals surface area (Å²) in [6.45, 7) is 1.16. The molecule has 0 N–H and O–H groups in total. The number of benzene rings is 1. The third-order valence-corrected chi connectivity index (χ3v) is 6.71. The van der Waals surface area contributed by atoms with Crippen LogP contribution in [0.2, 0.25) is 0 Å². The van der Waals surface area contributed by atoms with Crippen molar-refractivity contribution in [3.63, 3.8) is 0 Å². The lowest BCUT2D eigenvalue weighted by Gasteiger charge is -2.54. The number of methoxy groups -OCH3 is 2. The molecule has 23 heavy (non-hydrogen) atoms. The third-order valence-electron chi connectivity index (χ3n) is 6.71. The van der Waals surface area contributed by atoms with Crippen LogP contribution in [0.1, 0.15) is 23.1 Å². The molecule has 1 spiro atoms. The Kier molecular flexibility index (Phi) is 2.63. The number of allylic oxidation sites excluding steroid dienone is 3. The largest absolute Gasteiger partial charge is 0.501 e. The minimum atomic E-state index is 0.148. The van der Waals surface area contributed by atoms with E-state index in [-0.39, 0.29) is 5.41 Å². The normalized spacial score (nSPS) is 33.7. The van der Waals surface area contributed by atoms with Gasteiger partial charge in [0.2, 0.25) is 0 Å². The Morgan fingerprint density at radius 3 is 2.78 bits per heavy atom. The molecule has 5 rings (SSSR count). The van der Waals surface area contributed by atoms with E-state index < -0.39 is 0 Å². The Morgan fingerprint density at radius 1 is 1.13 bits per heavy atom. The molecule has 4 aliphatic rings. The number of ether oxygens (including phenoxy) is 2. The van der Waals surface area contributed by atoms with Gasteiger partial charge in [0.1, 0.15) is 11.5 Å². The Hall–Kier alpha value is -1.74. The number of hydrogen-bond acceptors (Lipinski definition) is 3. The van der Waals surface area contributed by atoms with Crippen LogP contribution < -0.4 is 4.74 Å². The summed E-state index contributed by atoms with van der Waals surface area (Å²) < 4.78 is 11.5. The van der Waals surface area contributed by atoms with Crippen LogP contribution in [0.25, 0.3) is 0 Å². The van der Waals surface area contributed by atoms with Crippen molar-refractivity contribution in [2.24, 2.45) is 5.92 Å². The highest BCUT2D eigenvalue weighted by molar-refractivity contribution is 5.64. The van der Waals surface area contributed by atoms with Crippen LogP contribution >= 0.6 is 0 Å². The van der Waals surface area contributed by atoms with Crippen molar-refractivity contribution < 1.29 is 9.47 Å². The summed E-state index contributed by atoms with van der Waals surface area (Å²) >= 11 is 0. The van der Waals surface area contributed by atoms with Crippen molar-refractivity contribution in [2.45, 2.75) is 30.7 Å². The van der Waals surface area contributed by atoms with Gasteiger partial charge in [0.25, 0.3) is 0 Å². The zero-order chi connectivity index (χ0) is 15.8. The Labute approximate surface area is 137 Å². The summed E-state index contributed by atoms with van der Waals surface area (Å²) in [5.74, 6) is 2.64. The van der Waals surface area contributed by atoms with Crippen molar-refractivity contribution in [1.29, 1.82) is 0 Å². The monoisotopic (exact) mass is 309 g/mol. The Morgan fingerprint density at radius 2 is 2.00 bits per heavy atom. The molecule has 1 heterocycles. The van der Waals surface area contributed by atoms with Crippen LogP contribution in [0, 0.1) is 5.92 Å². The second-order valence-electron chi connectivity index (χ2n) is 7.35. The van der Waals surface area contributed by atoms with E-state index in [2.05, 4.69) is 36.2 Å². The molecule has 1 saturated heterocycles. The van der Waals surface area contributed by atoms with Gasteiger partial charge in [-0.2, -0.15) is 0 Å². The van der Waals surface area contributed by atoms with Crippen molar-refractivity contribution in [3.05, 3.63) is 52.3 Å². The first kappa shape index (κ1) is 13.7. The van der Waals surface area contributed by atoms with Crippen LogP contribution in [-0.4, -0.2) is 38.8 Å². The van der Waals surface area contributed by atoms with E-state index in [1.54, 1.807) is 18.2 Å². The number of rotatable bonds is 2. The molecule has 120 valence electrons. The topological polar surface area (TPSA) is 21.7 Å². The predicted octanol–water partition coefficient (Wildman–Crippen LogP) is 2.84. The van der Waals surface area contributed by atoms with Crippen molar-refractivity contribution in [3.8, 4) is 5.75 Å². The van der Waals surface area contributed by atoms with Crippen LogP contribution in [0.3, 0.4) is 0 Å². The molecule has 1 aromatic rings. The average molecular weight is 309 g/mol. The number of hydrogen-bond donors (Lipinski definition) is 0. The molecule has 0 saturated carbocycles. The van der Waals surface area contributed by atoms with E-state index in [9.17, 15) is 0 Å². The fraction of sp³-hybridized carbons (Fsp3) is 0.500. The summed E-state index contributed by atoms with van der Waals surface area (Å²) in [7, 11) is 5.88. The zero-order valence-electron chi connectivity index (χ0n) is 14.1. The predicted molar refractivity (Wildman–Crippen MR) is 89.8 cm³/mol. The van der Waals surface area contributed by atoms with E-state index in [4.69, 9.17) is 9.47 Å². The van der Waals surface area contributed by atoms with Crippen molar-refractivity contribution >= 4 is 0 Å². The maximum atomic E-state index is 5.80. The maximum Gasteiger partial charge on any atom is 0.122 e. The quantitative estimate of drug-likeness (QED) is 0.838. The lowest BCUT2D eigenvalue weighted by atomic mass is 9.56. The van der Waals surface area contributed by atoms with E-state index in [0.717, 1.165) is 30.9 Å². The highest BCUT2D eigenvalue weighted by atomic mass is 16.5. The SMILES string of the molecule is COC1=CC=C2[C@H]3Cc4ccc(OC)c5c4[C@@]2(CCN3C)[C@H]1C5. The summed E-state index contributed by atoms with van der Waals surface area (Å²) in [6, 6.07) is 5.01. The Bertz CT molecular complexity index is 763. The van der Waals surface area contributed by atoms with Crippen LogP contribution in [-0.2, 0) is 23.0 Å². The first-order valence-corrected chi connectivity index (χ1v) is 8.56. The summed E-state index contributed by atoms with van der Waals surface area (Å²) in [4.78, 5) is 2.53. The molecule has 3 aliphatic carbocycles. The third kappa shape index (κ3) is 1.45. The first-order chi connectivity index (χ1) is 11.2. The smallest absolute Gasteiger partial charge is 0.122 e. The first-order valence-electron chi connectivity index (χ1n) is 8.56. The second-order valence-corrected chi connectivity index (χ2v) is 7.35. The van der Waals surface area contributed by atoms with Crippen molar-refractivity contribution in [2.75, 3.05) is 27.8 Å². The van der Waals surface area contributed by atoms with Crippen molar-refractivity contribution in [1.82, 2.24) is 4.90 Å². The van der Waals surface area contributed by atoms with Gasteiger partial charge in [-0.15, -0.1) is 0 Å². The fourth-order valence-electron chi connectivity index (χ4n) is 5.76. The van der Waals surface area contributed by atoms with Gasteiger partial charge >= 0.3 is 0 Å². The molecule has 1 aromatic carbocycles. The van der Waals surface area contributed by atoms with Gasteiger partial charge in [-0.25, -0.2) is 0 Å². The maximum absolute atomic E-state index is 5.80. The van der Waals surface area contributed by atoms with E-state index in [1.165, 1.54) is 17.5 Å². The zero-order valence-corrected chi connectivity index (χ0v) is 14.1. The number of nitrogens with zero attached hydrogens (tertiary/aromatic N) is 1. The van der Waals surface area contributed by atoms with Gasteiger partial charge in [-0.1, -0.05) is 12.1 Å². The van der Waals surface area contributed by atoms with Crippen LogP contribution in [0.4, 0.5) is 0 Å². The molecule has 3 heteroatoms. The van der Waals surface area contributed by atoms with E-state index >= 15 is 0 Å². The summed E-state index contributed by atoms with van der Waals surface area (Å²) in [5.41, 5.74) is 6.27. The standard InChI is InChI=1S/C20H23NO2/c1-21-9-8-20-14-5-7-18(23-3)15(20)11-13-17(22-2)6-4-12(19(13)20)10-16(14)21/h4-7,15-16H,8-11H2,1-3H3/t15-,16+,20+/m0/s1. The number of likely N-dealkylation sites (tertiary alicyclic amines) is 1. The van der Waals surface area contributed by atoms with E-state index in [0.29, 0.717) is 12.0 Å². The highest BCUT2D eigenvalue weighted by Gasteiger charge is 2.59. The van der Waals surface area contributed by atoms with Gasteiger partial charge in [-0.3, -0.25) is 4.90 Å². The molecule has 2 bridgehead atoms. The molecule has 1 aliphatic heterocycles. The summed E-state index contributed by atoms with van der Waals surface area (Å²) in [6.07, 6.45) is 7.92. The molecular formula is C20H23NO2. The molecule has 3 atom stereocenters. The average Bonchev–Trinajstić information content (AvgIpc) is 2.92. The minimum absolute atomic E-state index is 0.148. The summed E-state index contributed by atoms with van der Waals surface area (Å²) in [5, 5.41) is 0. The van der Waals surface area contributed by atoms with Crippen LogP contribution in [0.15, 0.2) is 35.6 Å². The van der Waals surface area contributed by atoms with Crippen LogP contribution in [0.5, 0.6) is 5.75 Å². The lowest BCUT2D eigenvalue weighted by Crippen LogP contribution is -2.56. The van der Waals surface area contributed by atoms with E-state index in [1.807, 2.05) is 7.11 Å². The molecule has 0 amide bonds.